The molecule has 3 aromatic rings. The number of sulfonamides is 1. The molecule has 0 aliphatic carbocycles. The van der Waals surface area contributed by atoms with Crippen molar-refractivity contribution in [3.8, 4) is 11.1 Å². The fourth-order valence-electron chi connectivity index (χ4n) is 2.89. The number of aliphatic hydroxyl groups is 1. The van der Waals surface area contributed by atoms with Gasteiger partial charge in [-0.15, -0.1) is 0 Å². The molecule has 0 saturated carbocycles. The maximum absolute atomic E-state index is 12.2. The number of amides is 2. The Morgan fingerprint density at radius 3 is 2.63 bits per heavy atom. The van der Waals surface area contributed by atoms with Gasteiger partial charge in [0.05, 0.1) is 16.4 Å². The highest BCUT2D eigenvalue weighted by molar-refractivity contribution is 8.18. The van der Waals surface area contributed by atoms with Gasteiger partial charge < -0.3 is 9.52 Å². The quantitative estimate of drug-likeness (QED) is 0.490. The third-order valence-electron chi connectivity index (χ3n) is 4.24. The summed E-state index contributed by atoms with van der Waals surface area (Å²) in [7, 11) is -3.71. The van der Waals surface area contributed by atoms with E-state index in [-0.39, 0.29) is 23.0 Å². The molecule has 0 spiro atoms. The molecule has 1 aromatic carbocycles. The molecule has 154 valence electrons. The second kappa shape index (κ2) is 8.03. The van der Waals surface area contributed by atoms with Crippen molar-refractivity contribution in [3.05, 3.63) is 53.4 Å². The molecular formula is C19H15N3O6S2. The molecule has 2 amide bonds. The first-order valence-electron chi connectivity index (χ1n) is 8.71. The van der Waals surface area contributed by atoms with E-state index in [0.717, 1.165) is 11.8 Å². The summed E-state index contributed by atoms with van der Waals surface area (Å²) < 4.78 is 32.5. The van der Waals surface area contributed by atoms with E-state index in [0.29, 0.717) is 27.9 Å². The van der Waals surface area contributed by atoms with E-state index in [1.165, 1.54) is 18.2 Å². The molecule has 0 radical (unpaired) electrons. The Kier molecular flexibility index (Phi) is 5.43. The number of carbonyl (C=O) groups excluding carboxylic acids is 2. The predicted molar refractivity (Wildman–Crippen MR) is 111 cm³/mol. The highest BCUT2D eigenvalue weighted by atomic mass is 32.2. The van der Waals surface area contributed by atoms with E-state index >= 15 is 0 Å². The number of furan rings is 1. The van der Waals surface area contributed by atoms with Crippen molar-refractivity contribution in [1.82, 2.24) is 15.0 Å². The third kappa shape index (κ3) is 4.00. The molecule has 9 nitrogen and oxygen atoms in total. The van der Waals surface area contributed by atoms with E-state index in [2.05, 4.69) is 15.0 Å². The molecular weight excluding hydrogens is 430 g/mol. The molecule has 0 atom stereocenters. The molecule has 2 aromatic heterocycles. The Labute approximate surface area is 175 Å². The lowest BCUT2D eigenvalue weighted by molar-refractivity contribution is -0.115. The summed E-state index contributed by atoms with van der Waals surface area (Å²) in [6.07, 6.45) is 4.68. The van der Waals surface area contributed by atoms with Crippen LogP contribution in [-0.2, 0) is 14.8 Å². The van der Waals surface area contributed by atoms with Crippen molar-refractivity contribution in [2.75, 3.05) is 13.2 Å². The average Bonchev–Trinajstić information content (AvgIpc) is 3.28. The Hall–Kier alpha value is -2.99. The lowest BCUT2D eigenvalue weighted by Crippen LogP contribution is -2.26. The smallest absolute Gasteiger partial charge is 0.290 e. The van der Waals surface area contributed by atoms with Crippen LogP contribution in [0.2, 0.25) is 0 Å². The summed E-state index contributed by atoms with van der Waals surface area (Å²) in [6.45, 7) is -0.365. The molecule has 1 fully saturated rings. The van der Waals surface area contributed by atoms with E-state index in [1.807, 2.05) is 0 Å². The number of carbonyl (C=O) groups is 2. The van der Waals surface area contributed by atoms with Crippen LogP contribution in [0.3, 0.4) is 0 Å². The number of rotatable bonds is 6. The standard InChI is InChI=1S/C19H15N3O6S2/c23-6-5-21-30(26,27)14-3-1-11(2-4-14)15-10-20-9-12-7-13(28-17(12)15)8-16-18(24)22-19(25)29-16/h1-4,7-10,21,23H,5-6H2,(H,22,24,25). The summed E-state index contributed by atoms with van der Waals surface area (Å²) in [6, 6.07) is 7.86. The summed E-state index contributed by atoms with van der Waals surface area (Å²) in [5, 5.41) is 11.2. The summed E-state index contributed by atoms with van der Waals surface area (Å²) >= 11 is 0.796. The van der Waals surface area contributed by atoms with Crippen LogP contribution in [0, 0.1) is 0 Å². The number of hydrogen-bond donors (Lipinski definition) is 3. The normalized spacial score (nSPS) is 15.8. The molecule has 1 aliphatic heterocycles. The van der Waals surface area contributed by atoms with Crippen LogP contribution in [0.25, 0.3) is 28.2 Å². The molecule has 0 bridgehead atoms. The Balaban J connectivity index is 1.68. The maximum Gasteiger partial charge on any atom is 0.290 e. The summed E-state index contributed by atoms with van der Waals surface area (Å²) in [5.74, 6) is -0.0885. The largest absolute Gasteiger partial charge is 0.456 e. The van der Waals surface area contributed by atoms with Crippen molar-refractivity contribution < 1.29 is 27.5 Å². The van der Waals surface area contributed by atoms with Crippen LogP contribution in [0.1, 0.15) is 5.76 Å². The molecule has 3 N–H and O–H groups in total. The number of nitrogens with one attached hydrogen (secondary N) is 2. The van der Waals surface area contributed by atoms with Gasteiger partial charge in [-0.05, 0) is 35.5 Å². The van der Waals surface area contributed by atoms with Gasteiger partial charge in [-0.3, -0.25) is 19.9 Å². The zero-order valence-electron chi connectivity index (χ0n) is 15.3. The number of aromatic nitrogens is 1. The molecule has 11 heteroatoms. The molecule has 4 rings (SSSR count). The lowest BCUT2D eigenvalue weighted by atomic mass is 10.1. The number of pyridine rings is 1. The van der Waals surface area contributed by atoms with Crippen molar-refractivity contribution in [1.29, 1.82) is 0 Å². The van der Waals surface area contributed by atoms with Crippen molar-refractivity contribution >= 4 is 50.0 Å². The van der Waals surface area contributed by atoms with Gasteiger partial charge in [-0.2, -0.15) is 0 Å². The van der Waals surface area contributed by atoms with Crippen molar-refractivity contribution in [3.63, 3.8) is 0 Å². The van der Waals surface area contributed by atoms with Gasteiger partial charge in [-0.25, -0.2) is 13.1 Å². The van der Waals surface area contributed by atoms with Crippen molar-refractivity contribution in [2.24, 2.45) is 0 Å². The number of fused-ring (bicyclic) bond motifs is 1. The first-order chi connectivity index (χ1) is 14.4. The minimum atomic E-state index is -3.71. The topological polar surface area (TPSA) is 139 Å². The van der Waals surface area contributed by atoms with Gasteiger partial charge in [0.15, 0.2) is 0 Å². The minimum Gasteiger partial charge on any atom is -0.456 e. The van der Waals surface area contributed by atoms with E-state index in [4.69, 9.17) is 9.52 Å². The number of benzene rings is 1. The number of imide groups is 1. The zero-order chi connectivity index (χ0) is 21.3. The van der Waals surface area contributed by atoms with E-state index in [9.17, 15) is 18.0 Å². The SMILES string of the molecule is O=C1NC(=O)C(=Cc2cc3cncc(-c4ccc(S(=O)(=O)NCCO)cc4)c3o2)S1. The van der Waals surface area contributed by atoms with Gasteiger partial charge in [0, 0.05) is 36.0 Å². The predicted octanol–water partition coefficient (Wildman–Crippen LogP) is 2.09. The Morgan fingerprint density at radius 1 is 1.20 bits per heavy atom. The van der Waals surface area contributed by atoms with Crippen LogP contribution < -0.4 is 10.0 Å². The van der Waals surface area contributed by atoms with Crippen LogP contribution in [0.15, 0.2) is 56.9 Å². The van der Waals surface area contributed by atoms with Crippen molar-refractivity contribution in [2.45, 2.75) is 4.90 Å². The van der Waals surface area contributed by atoms with E-state index in [1.54, 1.807) is 30.6 Å². The van der Waals surface area contributed by atoms with Gasteiger partial charge in [-0.1, -0.05) is 12.1 Å². The van der Waals surface area contributed by atoms with Crippen LogP contribution in [0.4, 0.5) is 4.79 Å². The highest BCUT2D eigenvalue weighted by Crippen LogP contribution is 2.33. The Morgan fingerprint density at radius 2 is 1.97 bits per heavy atom. The second-order valence-electron chi connectivity index (χ2n) is 6.25. The number of thioether (sulfide) groups is 1. The van der Waals surface area contributed by atoms with Crippen LogP contribution >= 0.6 is 11.8 Å². The highest BCUT2D eigenvalue weighted by Gasteiger charge is 2.25. The van der Waals surface area contributed by atoms with E-state index < -0.39 is 21.2 Å². The summed E-state index contributed by atoms with van der Waals surface area (Å²) in [4.78, 5) is 27.5. The fraction of sp³-hybridized carbons (Fsp3) is 0.105. The lowest BCUT2D eigenvalue weighted by Gasteiger charge is -2.07. The van der Waals surface area contributed by atoms with Gasteiger partial charge in [0.25, 0.3) is 11.1 Å². The third-order valence-corrected chi connectivity index (χ3v) is 6.52. The van der Waals surface area contributed by atoms with Gasteiger partial charge in [0.2, 0.25) is 10.0 Å². The second-order valence-corrected chi connectivity index (χ2v) is 9.03. The molecule has 0 unspecified atom stereocenters. The summed E-state index contributed by atoms with van der Waals surface area (Å²) in [5.41, 5.74) is 1.84. The number of nitrogens with zero attached hydrogens (tertiary/aromatic N) is 1. The first kappa shape index (κ1) is 20.3. The first-order valence-corrected chi connectivity index (χ1v) is 11.0. The van der Waals surface area contributed by atoms with Gasteiger partial charge in [0.1, 0.15) is 11.3 Å². The minimum absolute atomic E-state index is 0.0682. The van der Waals surface area contributed by atoms with Crippen LogP contribution in [0.5, 0.6) is 0 Å². The molecule has 1 saturated heterocycles. The molecule has 3 heterocycles. The average molecular weight is 445 g/mol. The van der Waals surface area contributed by atoms with Gasteiger partial charge >= 0.3 is 0 Å². The number of hydrogen-bond acceptors (Lipinski definition) is 8. The fourth-order valence-corrected chi connectivity index (χ4v) is 4.57. The maximum atomic E-state index is 12.2. The Bertz CT molecular complexity index is 1280. The molecule has 1 aliphatic rings. The monoisotopic (exact) mass is 445 g/mol. The van der Waals surface area contributed by atoms with Crippen LogP contribution in [-0.4, -0.2) is 42.8 Å². The molecule has 30 heavy (non-hydrogen) atoms. The number of aliphatic hydroxyl groups excluding tert-OH is 1. The zero-order valence-corrected chi connectivity index (χ0v) is 16.9.